The average Bonchev–Trinajstić information content (AvgIpc) is 2.41. The molecule has 0 spiro atoms. The molecule has 0 heterocycles. The Kier molecular flexibility index (Phi) is 6.16. The molecular formula is C15H17FN2O2. The standard InChI is InChI=1S/C15H17FN2O2/c1-2-3-4-5-15(20)18(11-10-14(17)19)13-8-6-12(16)7-9-13/h2-9H,10-11H2,1H3,(H2,17,19)/b3-2+,5-4+. The van der Waals surface area contributed by atoms with E-state index < -0.39 is 5.91 Å². The summed E-state index contributed by atoms with van der Waals surface area (Å²) in [6, 6.07) is 5.49. The fraction of sp³-hybridized carbons (Fsp3) is 0.200. The number of primary amides is 1. The van der Waals surface area contributed by atoms with E-state index in [0.29, 0.717) is 5.69 Å². The van der Waals surface area contributed by atoms with E-state index in [9.17, 15) is 14.0 Å². The summed E-state index contributed by atoms with van der Waals surface area (Å²) in [7, 11) is 0. The number of benzene rings is 1. The molecular weight excluding hydrogens is 259 g/mol. The lowest BCUT2D eigenvalue weighted by Crippen LogP contribution is -2.32. The van der Waals surface area contributed by atoms with Crippen molar-refractivity contribution in [1.29, 1.82) is 0 Å². The molecule has 0 aliphatic rings. The van der Waals surface area contributed by atoms with Crippen LogP contribution < -0.4 is 10.6 Å². The van der Waals surface area contributed by atoms with Gasteiger partial charge in [0.2, 0.25) is 5.91 Å². The van der Waals surface area contributed by atoms with Crippen LogP contribution in [-0.4, -0.2) is 18.4 Å². The van der Waals surface area contributed by atoms with Gasteiger partial charge in [0.25, 0.3) is 5.91 Å². The SMILES string of the molecule is C/C=C/C=C/C(=O)N(CCC(N)=O)c1ccc(F)cc1. The molecule has 0 bridgehead atoms. The van der Waals surface area contributed by atoms with Crippen LogP contribution in [0.1, 0.15) is 13.3 Å². The van der Waals surface area contributed by atoms with E-state index >= 15 is 0 Å². The molecule has 106 valence electrons. The van der Waals surface area contributed by atoms with Gasteiger partial charge in [-0.25, -0.2) is 4.39 Å². The van der Waals surface area contributed by atoms with Gasteiger partial charge in [-0.15, -0.1) is 0 Å². The maximum atomic E-state index is 12.9. The van der Waals surface area contributed by atoms with Crippen molar-refractivity contribution >= 4 is 17.5 Å². The van der Waals surface area contributed by atoms with Gasteiger partial charge < -0.3 is 10.6 Å². The third kappa shape index (κ3) is 5.06. The van der Waals surface area contributed by atoms with E-state index in [1.54, 1.807) is 18.2 Å². The number of nitrogens with two attached hydrogens (primary N) is 1. The first-order valence-corrected chi connectivity index (χ1v) is 6.19. The van der Waals surface area contributed by atoms with E-state index in [2.05, 4.69) is 0 Å². The zero-order valence-electron chi connectivity index (χ0n) is 11.3. The summed E-state index contributed by atoms with van der Waals surface area (Å²) < 4.78 is 12.9. The highest BCUT2D eigenvalue weighted by molar-refractivity contribution is 6.01. The van der Waals surface area contributed by atoms with Crippen molar-refractivity contribution in [2.75, 3.05) is 11.4 Å². The van der Waals surface area contributed by atoms with Gasteiger partial charge in [-0.1, -0.05) is 18.2 Å². The number of hydrogen-bond donors (Lipinski definition) is 1. The Labute approximate surface area is 117 Å². The Hall–Kier alpha value is -2.43. The summed E-state index contributed by atoms with van der Waals surface area (Å²) in [6.07, 6.45) is 6.53. The molecule has 0 radical (unpaired) electrons. The molecule has 1 rings (SSSR count). The molecule has 5 heteroatoms. The summed E-state index contributed by atoms with van der Waals surface area (Å²) in [5.41, 5.74) is 5.62. The first-order valence-electron chi connectivity index (χ1n) is 6.19. The highest BCUT2D eigenvalue weighted by Crippen LogP contribution is 2.16. The maximum absolute atomic E-state index is 12.9. The Balaban J connectivity index is 2.92. The van der Waals surface area contributed by atoms with Crippen LogP contribution in [0.2, 0.25) is 0 Å². The fourth-order valence-corrected chi connectivity index (χ4v) is 1.55. The number of rotatable bonds is 6. The molecule has 0 fully saturated rings. The Morgan fingerprint density at radius 2 is 1.90 bits per heavy atom. The van der Waals surface area contributed by atoms with Crippen LogP contribution in [0.25, 0.3) is 0 Å². The summed E-state index contributed by atoms with van der Waals surface area (Å²) in [5.74, 6) is -1.18. The molecule has 0 aliphatic heterocycles. The van der Waals surface area contributed by atoms with Gasteiger partial charge in [0.05, 0.1) is 0 Å². The lowest BCUT2D eigenvalue weighted by molar-refractivity contribution is -0.118. The van der Waals surface area contributed by atoms with E-state index in [-0.39, 0.29) is 24.7 Å². The van der Waals surface area contributed by atoms with Crippen molar-refractivity contribution in [2.45, 2.75) is 13.3 Å². The fourth-order valence-electron chi connectivity index (χ4n) is 1.55. The Bertz CT molecular complexity index is 521. The molecule has 1 aromatic rings. The minimum atomic E-state index is -0.498. The van der Waals surface area contributed by atoms with Gasteiger partial charge >= 0.3 is 0 Å². The van der Waals surface area contributed by atoms with E-state index in [1.165, 1.54) is 35.2 Å². The number of nitrogens with zero attached hydrogens (tertiary/aromatic N) is 1. The molecule has 2 N–H and O–H groups in total. The second kappa shape index (κ2) is 7.89. The number of carbonyl (C=O) groups is 2. The zero-order valence-corrected chi connectivity index (χ0v) is 11.3. The second-order valence-electron chi connectivity index (χ2n) is 4.07. The Morgan fingerprint density at radius 1 is 1.25 bits per heavy atom. The van der Waals surface area contributed by atoms with Crippen molar-refractivity contribution in [3.8, 4) is 0 Å². The van der Waals surface area contributed by atoms with E-state index in [4.69, 9.17) is 5.73 Å². The number of anilines is 1. The summed E-state index contributed by atoms with van der Waals surface area (Å²) in [5, 5.41) is 0. The monoisotopic (exact) mass is 276 g/mol. The maximum Gasteiger partial charge on any atom is 0.250 e. The van der Waals surface area contributed by atoms with Gasteiger partial charge in [-0.3, -0.25) is 9.59 Å². The topological polar surface area (TPSA) is 63.4 Å². The first kappa shape index (κ1) is 15.6. The molecule has 4 nitrogen and oxygen atoms in total. The lowest BCUT2D eigenvalue weighted by Gasteiger charge is -2.20. The highest BCUT2D eigenvalue weighted by Gasteiger charge is 2.14. The van der Waals surface area contributed by atoms with Crippen molar-refractivity contribution in [1.82, 2.24) is 0 Å². The third-order valence-corrected chi connectivity index (χ3v) is 2.53. The van der Waals surface area contributed by atoms with Gasteiger partial charge in [-0.05, 0) is 31.2 Å². The number of hydrogen-bond acceptors (Lipinski definition) is 2. The molecule has 20 heavy (non-hydrogen) atoms. The number of halogens is 1. The predicted octanol–water partition coefficient (Wildman–Crippen LogP) is 2.17. The average molecular weight is 276 g/mol. The van der Waals surface area contributed by atoms with Crippen molar-refractivity contribution < 1.29 is 14.0 Å². The van der Waals surface area contributed by atoms with Crippen LogP contribution in [0.4, 0.5) is 10.1 Å². The molecule has 0 saturated heterocycles. The summed E-state index contributed by atoms with van der Waals surface area (Å²) >= 11 is 0. The second-order valence-corrected chi connectivity index (χ2v) is 4.07. The van der Waals surface area contributed by atoms with Crippen molar-refractivity contribution in [3.63, 3.8) is 0 Å². The molecule has 0 unspecified atom stereocenters. The zero-order chi connectivity index (χ0) is 15.0. The first-order chi connectivity index (χ1) is 9.54. The van der Waals surface area contributed by atoms with Gasteiger partial charge in [0.1, 0.15) is 5.82 Å². The van der Waals surface area contributed by atoms with Crippen LogP contribution in [0.3, 0.4) is 0 Å². The van der Waals surface area contributed by atoms with Crippen molar-refractivity contribution in [2.24, 2.45) is 5.73 Å². The number of allylic oxidation sites excluding steroid dienone is 3. The highest BCUT2D eigenvalue weighted by atomic mass is 19.1. The van der Waals surface area contributed by atoms with Crippen LogP contribution >= 0.6 is 0 Å². The van der Waals surface area contributed by atoms with Crippen LogP contribution in [0, 0.1) is 5.82 Å². The predicted molar refractivity (Wildman–Crippen MR) is 76.5 cm³/mol. The van der Waals surface area contributed by atoms with E-state index in [0.717, 1.165) is 0 Å². The molecule has 2 amide bonds. The third-order valence-electron chi connectivity index (χ3n) is 2.53. The molecule has 1 aromatic carbocycles. The molecule has 0 aliphatic carbocycles. The Morgan fingerprint density at radius 3 is 2.45 bits per heavy atom. The largest absolute Gasteiger partial charge is 0.370 e. The lowest BCUT2D eigenvalue weighted by atomic mass is 10.2. The minimum Gasteiger partial charge on any atom is -0.370 e. The van der Waals surface area contributed by atoms with Gasteiger partial charge in [0, 0.05) is 24.7 Å². The number of amides is 2. The molecule has 0 atom stereocenters. The molecule has 0 aromatic heterocycles. The molecule has 0 saturated carbocycles. The minimum absolute atomic E-state index is 0.0422. The smallest absolute Gasteiger partial charge is 0.250 e. The van der Waals surface area contributed by atoms with Crippen LogP contribution in [-0.2, 0) is 9.59 Å². The number of carbonyl (C=O) groups excluding carboxylic acids is 2. The quantitative estimate of drug-likeness (QED) is 0.639. The summed E-state index contributed by atoms with van der Waals surface area (Å²) in [4.78, 5) is 24.3. The van der Waals surface area contributed by atoms with Crippen LogP contribution in [0.15, 0.2) is 48.6 Å². The van der Waals surface area contributed by atoms with Crippen LogP contribution in [0.5, 0.6) is 0 Å². The van der Waals surface area contributed by atoms with Gasteiger partial charge in [0.15, 0.2) is 0 Å². The van der Waals surface area contributed by atoms with Gasteiger partial charge in [-0.2, -0.15) is 0 Å². The normalized spacial score (nSPS) is 11.1. The van der Waals surface area contributed by atoms with Crippen molar-refractivity contribution in [3.05, 3.63) is 54.4 Å². The van der Waals surface area contributed by atoms with E-state index in [1.807, 2.05) is 6.92 Å². The summed E-state index contributed by atoms with van der Waals surface area (Å²) in [6.45, 7) is 1.99.